The van der Waals surface area contributed by atoms with Gasteiger partial charge in [0, 0.05) is 18.2 Å². The van der Waals surface area contributed by atoms with Crippen LogP contribution in [0.4, 0.5) is 11.6 Å². The molecule has 21 heavy (non-hydrogen) atoms. The van der Waals surface area contributed by atoms with E-state index in [9.17, 15) is 0 Å². The highest BCUT2D eigenvalue weighted by Crippen LogP contribution is 2.21. The van der Waals surface area contributed by atoms with Crippen LogP contribution in [-0.4, -0.2) is 22.6 Å². The van der Waals surface area contributed by atoms with Crippen molar-refractivity contribution in [3.63, 3.8) is 0 Å². The first-order chi connectivity index (χ1) is 10.2. The third kappa shape index (κ3) is 4.18. The molecule has 0 spiro atoms. The summed E-state index contributed by atoms with van der Waals surface area (Å²) in [7, 11) is 0. The van der Waals surface area contributed by atoms with E-state index in [0.717, 1.165) is 36.6 Å². The highest BCUT2D eigenvalue weighted by Gasteiger charge is 2.11. The lowest BCUT2D eigenvalue weighted by Crippen LogP contribution is -2.20. The Kier molecular flexibility index (Phi) is 5.55. The van der Waals surface area contributed by atoms with Crippen LogP contribution in [0.25, 0.3) is 0 Å². The number of anilines is 2. The Balaban J connectivity index is 2.09. The van der Waals surface area contributed by atoms with E-state index < -0.39 is 0 Å². The monoisotopic (exact) mass is 284 g/mol. The second-order valence-corrected chi connectivity index (χ2v) is 5.17. The fourth-order valence-corrected chi connectivity index (χ4v) is 2.44. The van der Waals surface area contributed by atoms with Crippen LogP contribution in [0.3, 0.4) is 0 Å². The Morgan fingerprint density at radius 3 is 2.43 bits per heavy atom. The highest BCUT2D eigenvalue weighted by molar-refractivity contribution is 5.57. The Bertz CT molecular complexity index is 554. The van der Waals surface area contributed by atoms with Crippen LogP contribution in [0.5, 0.6) is 0 Å². The molecule has 0 aliphatic carbocycles. The predicted molar refractivity (Wildman–Crippen MR) is 88.8 cm³/mol. The van der Waals surface area contributed by atoms with Gasteiger partial charge < -0.3 is 10.6 Å². The molecule has 0 saturated heterocycles. The molecule has 0 bridgehead atoms. The van der Waals surface area contributed by atoms with Crippen molar-refractivity contribution in [1.82, 2.24) is 9.97 Å². The molecule has 4 heteroatoms. The molecule has 1 aromatic carbocycles. The molecule has 4 nitrogen and oxygen atoms in total. The second-order valence-electron chi connectivity index (χ2n) is 5.17. The first-order valence-electron chi connectivity index (χ1n) is 7.62. The molecule has 0 aliphatic heterocycles. The minimum absolute atomic E-state index is 0.321. The molecule has 1 unspecified atom stereocenters. The van der Waals surface area contributed by atoms with Gasteiger partial charge in [0.15, 0.2) is 0 Å². The summed E-state index contributed by atoms with van der Waals surface area (Å²) >= 11 is 0. The maximum Gasteiger partial charge on any atom is 0.134 e. The Hall–Kier alpha value is -2.10. The Labute approximate surface area is 127 Å². The van der Waals surface area contributed by atoms with Gasteiger partial charge in [-0.25, -0.2) is 9.97 Å². The summed E-state index contributed by atoms with van der Waals surface area (Å²) in [6, 6.07) is 10.8. The molecule has 0 fully saturated rings. The quantitative estimate of drug-likeness (QED) is 0.817. The Morgan fingerprint density at radius 1 is 1.05 bits per heavy atom. The number of aromatic nitrogens is 2. The fourth-order valence-electron chi connectivity index (χ4n) is 2.44. The van der Waals surface area contributed by atoms with Crippen LogP contribution in [0.2, 0.25) is 0 Å². The first kappa shape index (κ1) is 15.3. The van der Waals surface area contributed by atoms with Crippen molar-refractivity contribution in [3.8, 4) is 0 Å². The summed E-state index contributed by atoms with van der Waals surface area (Å²) < 4.78 is 0. The van der Waals surface area contributed by atoms with Crippen molar-refractivity contribution in [1.29, 1.82) is 0 Å². The van der Waals surface area contributed by atoms with E-state index in [0.29, 0.717) is 6.04 Å². The van der Waals surface area contributed by atoms with Gasteiger partial charge in [-0.2, -0.15) is 0 Å². The number of nitrogens with zero attached hydrogens (tertiary/aromatic N) is 2. The van der Waals surface area contributed by atoms with Crippen molar-refractivity contribution in [2.24, 2.45) is 0 Å². The number of rotatable bonds is 7. The summed E-state index contributed by atoms with van der Waals surface area (Å²) in [4.78, 5) is 8.74. The third-order valence-corrected chi connectivity index (χ3v) is 3.41. The van der Waals surface area contributed by atoms with Gasteiger partial charge in [-0.15, -0.1) is 0 Å². The zero-order valence-corrected chi connectivity index (χ0v) is 13.1. The van der Waals surface area contributed by atoms with Gasteiger partial charge in [0.05, 0.1) is 0 Å². The molecule has 1 aromatic heterocycles. The standard InChI is InChI=1S/C17H24N4/c1-4-15-16(18-5-2)19-12-20-17(15)21-13(3)11-14-9-7-6-8-10-14/h6-10,12-13H,4-5,11H2,1-3H3,(H2,18,19,20,21). The van der Waals surface area contributed by atoms with E-state index in [1.54, 1.807) is 6.33 Å². The van der Waals surface area contributed by atoms with Crippen molar-refractivity contribution in [3.05, 3.63) is 47.8 Å². The van der Waals surface area contributed by atoms with Crippen molar-refractivity contribution in [2.75, 3.05) is 17.2 Å². The van der Waals surface area contributed by atoms with Gasteiger partial charge in [0.1, 0.15) is 18.0 Å². The van der Waals surface area contributed by atoms with Crippen LogP contribution < -0.4 is 10.6 Å². The minimum atomic E-state index is 0.321. The topological polar surface area (TPSA) is 49.8 Å². The van der Waals surface area contributed by atoms with Gasteiger partial charge >= 0.3 is 0 Å². The summed E-state index contributed by atoms with van der Waals surface area (Å²) in [6.07, 6.45) is 3.50. The van der Waals surface area contributed by atoms with Crippen LogP contribution in [0.1, 0.15) is 31.9 Å². The molecular formula is C17H24N4. The molecule has 2 aromatic rings. The summed E-state index contributed by atoms with van der Waals surface area (Å²) in [5, 5.41) is 6.82. The SMILES string of the molecule is CCNc1ncnc(NC(C)Cc2ccccc2)c1CC. The number of hydrogen-bond donors (Lipinski definition) is 2. The molecule has 0 radical (unpaired) electrons. The average Bonchev–Trinajstić information content (AvgIpc) is 2.49. The fraction of sp³-hybridized carbons (Fsp3) is 0.412. The highest BCUT2D eigenvalue weighted by atomic mass is 15.1. The van der Waals surface area contributed by atoms with E-state index in [2.05, 4.69) is 65.6 Å². The van der Waals surface area contributed by atoms with Gasteiger partial charge in [-0.05, 0) is 32.3 Å². The lowest BCUT2D eigenvalue weighted by Gasteiger charge is -2.18. The number of nitrogens with one attached hydrogen (secondary N) is 2. The van der Waals surface area contributed by atoms with Crippen LogP contribution in [-0.2, 0) is 12.8 Å². The first-order valence-corrected chi connectivity index (χ1v) is 7.62. The smallest absolute Gasteiger partial charge is 0.134 e. The zero-order valence-electron chi connectivity index (χ0n) is 13.1. The largest absolute Gasteiger partial charge is 0.370 e. The molecule has 2 rings (SSSR count). The molecule has 1 heterocycles. The normalized spacial score (nSPS) is 12.0. The molecule has 1 atom stereocenters. The zero-order chi connectivity index (χ0) is 15.1. The summed E-state index contributed by atoms with van der Waals surface area (Å²) in [5.74, 6) is 1.87. The van der Waals surface area contributed by atoms with E-state index in [-0.39, 0.29) is 0 Å². The van der Waals surface area contributed by atoms with Crippen molar-refractivity contribution in [2.45, 2.75) is 39.7 Å². The van der Waals surface area contributed by atoms with Crippen molar-refractivity contribution >= 4 is 11.6 Å². The van der Waals surface area contributed by atoms with E-state index >= 15 is 0 Å². The molecule has 0 saturated carbocycles. The Morgan fingerprint density at radius 2 is 1.76 bits per heavy atom. The van der Waals surface area contributed by atoms with E-state index in [1.807, 2.05) is 6.07 Å². The van der Waals surface area contributed by atoms with Gasteiger partial charge in [-0.1, -0.05) is 37.3 Å². The van der Waals surface area contributed by atoms with E-state index in [1.165, 1.54) is 5.56 Å². The van der Waals surface area contributed by atoms with Crippen LogP contribution in [0.15, 0.2) is 36.7 Å². The average molecular weight is 284 g/mol. The van der Waals surface area contributed by atoms with Gasteiger partial charge in [0.25, 0.3) is 0 Å². The lowest BCUT2D eigenvalue weighted by atomic mass is 10.1. The number of hydrogen-bond acceptors (Lipinski definition) is 4. The van der Waals surface area contributed by atoms with Crippen LogP contribution in [0, 0.1) is 0 Å². The summed E-state index contributed by atoms with van der Waals surface area (Å²) in [6.45, 7) is 7.25. The molecule has 0 amide bonds. The molecular weight excluding hydrogens is 260 g/mol. The maximum absolute atomic E-state index is 4.41. The van der Waals surface area contributed by atoms with Crippen LogP contribution >= 0.6 is 0 Å². The third-order valence-electron chi connectivity index (χ3n) is 3.41. The lowest BCUT2D eigenvalue weighted by molar-refractivity contribution is 0.780. The van der Waals surface area contributed by atoms with Crippen molar-refractivity contribution < 1.29 is 0 Å². The predicted octanol–water partition coefficient (Wildman–Crippen LogP) is 3.51. The number of benzene rings is 1. The minimum Gasteiger partial charge on any atom is -0.370 e. The molecule has 112 valence electrons. The van der Waals surface area contributed by atoms with Gasteiger partial charge in [0.2, 0.25) is 0 Å². The summed E-state index contributed by atoms with van der Waals surface area (Å²) in [5.41, 5.74) is 2.48. The molecule has 2 N–H and O–H groups in total. The van der Waals surface area contributed by atoms with E-state index in [4.69, 9.17) is 0 Å². The second kappa shape index (κ2) is 7.62. The maximum atomic E-state index is 4.41. The van der Waals surface area contributed by atoms with Gasteiger partial charge in [-0.3, -0.25) is 0 Å². The molecule has 0 aliphatic rings.